The van der Waals surface area contributed by atoms with Crippen molar-refractivity contribution in [3.8, 4) is 0 Å². The van der Waals surface area contributed by atoms with Crippen LogP contribution in [0.4, 0.5) is 0 Å². The quantitative estimate of drug-likeness (QED) is 0.948. The summed E-state index contributed by atoms with van der Waals surface area (Å²) >= 11 is 0. The average molecular weight is 312 g/mol. The molecular weight excluding hydrogens is 288 g/mol. The maximum absolute atomic E-state index is 12.7. The van der Waals surface area contributed by atoms with Gasteiger partial charge in [0.1, 0.15) is 5.58 Å². The number of nitrogens with one attached hydrogen (secondary N) is 1. The van der Waals surface area contributed by atoms with E-state index in [0.29, 0.717) is 12.5 Å². The van der Waals surface area contributed by atoms with E-state index in [2.05, 4.69) is 17.4 Å². The SMILES string of the molecule is CNC1CCCN(C(=O)Cc2coc3cc4c(cc23)CCC4)C1. The Morgan fingerprint density at radius 3 is 2.96 bits per heavy atom. The number of amides is 1. The Labute approximate surface area is 136 Å². The molecule has 1 aliphatic heterocycles. The van der Waals surface area contributed by atoms with Gasteiger partial charge < -0.3 is 14.6 Å². The highest BCUT2D eigenvalue weighted by molar-refractivity contribution is 5.88. The molecule has 1 aliphatic carbocycles. The molecule has 1 N–H and O–H groups in total. The summed E-state index contributed by atoms with van der Waals surface area (Å²) in [6.07, 6.45) is 7.99. The molecule has 23 heavy (non-hydrogen) atoms. The van der Waals surface area contributed by atoms with Crippen molar-refractivity contribution in [3.63, 3.8) is 0 Å². The number of benzene rings is 1. The normalized spacial score (nSPS) is 20.9. The number of fused-ring (bicyclic) bond motifs is 2. The van der Waals surface area contributed by atoms with Crippen LogP contribution in [0.25, 0.3) is 11.0 Å². The topological polar surface area (TPSA) is 45.5 Å². The largest absolute Gasteiger partial charge is 0.464 e. The molecule has 1 fully saturated rings. The minimum atomic E-state index is 0.216. The molecule has 0 radical (unpaired) electrons. The van der Waals surface area contributed by atoms with Crippen molar-refractivity contribution in [2.45, 2.75) is 44.6 Å². The summed E-state index contributed by atoms with van der Waals surface area (Å²) in [6.45, 7) is 1.70. The third kappa shape index (κ3) is 2.76. The molecule has 0 spiro atoms. The van der Waals surface area contributed by atoms with Gasteiger partial charge in [-0.2, -0.15) is 0 Å². The molecule has 1 saturated heterocycles. The number of piperidine rings is 1. The van der Waals surface area contributed by atoms with Crippen LogP contribution in [0, 0.1) is 0 Å². The lowest BCUT2D eigenvalue weighted by Gasteiger charge is -2.32. The number of likely N-dealkylation sites (tertiary alicyclic amines) is 1. The molecule has 4 heteroatoms. The van der Waals surface area contributed by atoms with Crippen molar-refractivity contribution in [2.75, 3.05) is 20.1 Å². The van der Waals surface area contributed by atoms with E-state index in [0.717, 1.165) is 55.3 Å². The van der Waals surface area contributed by atoms with Crippen LogP contribution in [0.3, 0.4) is 0 Å². The summed E-state index contributed by atoms with van der Waals surface area (Å²) < 4.78 is 5.72. The number of furan rings is 1. The van der Waals surface area contributed by atoms with Crippen molar-refractivity contribution in [2.24, 2.45) is 0 Å². The lowest BCUT2D eigenvalue weighted by Crippen LogP contribution is -2.47. The van der Waals surface area contributed by atoms with Crippen molar-refractivity contribution in [3.05, 3.63) is 35.1 Å². The Morgan fingerprint density at radius 1 is 1.30 bits per heavy atom. The van der Waals surface area contributed by atoms with Crippen molar-refractivity contribution >= 4 is 16.9 Å². The third-order valence-corrected chi connectivity index (χ3v) is 5.39. The van der Waals surface area contributed by atoms with Crippen molar-refractivity contribution in [1.29, 1.82) is 0 Å². The Bertz CT molecular complexity index is 734. The molecular formula is C19H24N2O2. The molecule has 4 nitrogen and oxygen atoms in total. The fourth-order valence-electron chi connectivity index (χ4n) is 4.00. The van der Waals surface area contributed by atoms with Gasteiger partial charge in [-0.05, 0) is 62.4 Å². The second kappa shape index (κ2) is 6.00. The Hall–Kier alpha value is -1.81. The number of carbonyl (C=O) groups excluding carboxylic acids is 1. The monoisotopic (exact) mass is 312 g/mol. The zero-order valence-corrected chi connectivity index (χ0v) is 13.7. The van der Waals surface area contributed by atoms with Gasteiger partial charge in [-0.3, -0.25) is 4.79 Å². The van der Waals surface area contributed by atoms with E-state index in [9.17, 15) is 4.79 Å². The smallest absolute Gasteiger partial charge is 0.227 e. The predicted octanol–water partition coefficient (Wildman–Crippen LogP) is 2.67. The highest BCUT2D eigenvalue weighted by atomic mass is 16.3. The number of nitrogens with zero attached hydrogens (tertiary/aromatic N) is 1. The van der Waals surface area contributed by atoms with E-state index in [1.54, 1.807) is 6.26 Å². The Kier molecular flexibility index (Phi) is 3.85. The molecule has 1 aromatic carbocycles. The van der Waals surface area contributed by atoms with Crippen molar-refractivity contribution in [1.82, 2.24) is 10.2 Å². The van der Waals surface area contributed by atoms with Gasteiger partial charge in [-0.1, -0.05) is 0 Å². The van der Waals surface area contributed by atoms with Gasteiger partial charge in [0.05, 0.1) is 12.7 Å². The summed E-state index contributed by atoms with van der Waals surface area (Å²) in [6, 6.07) is 4.84. The first kappa shape index (κ1) is 14.8. The highest BCUT2D eigenvalue weighted by Crippen LogP contribution is 2.30. The van der Waals surface area contributed by atoms with E-state index in [1.165, 1.54) is 17.5 Å². The van der Waals surface area contributed by atoms with Crippen LogP contribution in [0.15, 0.2) is 22.8 Å². The van der Waals surface area contributed by atoms with E-state index < -0.39 is 0 Å². The zero-order chi connectivity index (χ0) is 15.8. The Balaban J connectivity index is 1.54. The van der Waals surface area contributed by atoms with Crippen LogP contribution >= 0.6 is 0 Å². The molecule has 0 saturated carbocycles. The summed E-state index contributed by atoms with van der Waals surface area (Å²) in [5.74, 6) is 0.216. The molecule has 122 valence electrons. The molecule has 4 rings (SSSR count). The van der Waals surface area contributed by atoms with Gasteiger partial charge in [0.25, 0.3) is 0 Å². The van der Waals surface area contributed by atoms with Gasteiger partial charge in [0.15, 0.2) is 0 Å². The molecule has 0 bridgehead atoms. The summed E-state index contributed by atoms with van der Waals surface area (Å²) in [7, 11) is 1.98. The van der Waals surface area contributed by atoms with E-state index in [1.807, 2.05) is 11.9 Å². The van der Waals surface area contributed by atoms with E-state index >= 15 is 0 Å². The number of aryl methyl sites for hydroxylation is 2. The first-order chi connectivity index (χ1) is 11.2. The van der Waals surface area contributed by atoms with Crippen LogP contribution in [-0.2, 0) is 24.1 Å². The second-order valence-electron chi connectivity index (χ2n) is 6.88. The molecule has 2 aromatic rings. The molecule has 1 atom stereocenters. The van der Waals surface area contributed by atoms with Crippen LogP contribution < -0.4 is 5.32 Å². The van der Waals surface area contributed by atoms with Crippen LogP contribution in [0.5, 0.6) is 0 Å². The predicted molar refractivity (Wildman–Crippen MR) is 90.6 cm³/mol. The maximum atomic E-state index is 12.7. The summed E-state index contributed by atoms with van der Waals surface area (Å²) in [5.41, 5.74) is 4.81. The maximum Gasteiger partial charge on any atom is 0.227 e. The summed E-state index contributed by atoms with van der Waals surface area (Å²) in [4.78, 5) is 14.7. The van der Waals surface area contributed by atoms with Gasteiger partial charge in [0.2, 0.25) is 5.91 Å². The molecule has 1 unspecified atom stereocenters. The summed E-state index contributed by atoms with van der Waals surface area (Å²) in [5, 5.41) is 4.42. The first-order valence-corrected chi connectivity index (χ1v) is 8.71. The average Bonchev–Trinajstić information content (AvgIpc) is 3.19. The van der Waals surface area contributed by atoms with Crippen LogP contribution in [-0.4, -0.2) is 37.0 Å². The molecule has 2 aliphatic rings. The van der Waals surface area contributed by atoms with Gasteiger partial charge in [0, 0.05) is 30.1 Å². The fraction of sp³-hybridized carbons (Fsp3) is 0.526. The standard InChI is InChI=1S/C19H24N2O2/c1-20-16-6-3-7-21(11-16)19(22)10-15-12-23-18-9-14-5-2-4-13(14)8-17(15)18/h8-9,12,16,20H,2-7,10-11H2,1H3. The lowest BCUT2D eigenvalue weighted by atomic mass is 10.0. The molecule has 1 amide bonds. The van der Waals surface area contributed by atoms with E-state index in [4.69, 9.17) is 4.42 Å². The second-order valence-corrected chi connectivity index (χ2v) is 6.88. The first-order valence-electron chi connectivity index (χ1n) is 8.71. The number of rotatable bonds is 3. The zero-order valence-electron chi connectivity index (χ0n) is 13.7. The number of carbonyl (C=O) groups is 1. The third-order valence-electron chi connectivity index (χ3n) is 5.39. The molecule has 2 heterocycles. The number of likely N-dealkylation sites (N-methyl/N-ethyl adjacent to an activating group) is 1. The van der Waals surface area contributed by atoms with Gasteiger partial charge in [-0.15, -0.1) is 0 Å². The fourth-order valence-corrected chi connectivity index (χ4v) is 4.00. The molecule has 1 aromatic heterocycles. The van der Waals surface area contributed by atoms with Crippen molar-refractivity contribution < 1.29 is 9.21 Å². The Morgan fingerprint density at radius 2 is 2.13 bits per heavy atom. The van der Waals surface area contributed by atoms with Gasteiger partial charge in [-0.25, -0.2) is 0 Å². The van der Waals surface area contributed by atoms with Gasteiger partial charge >= 0.3 is 0 Å². The minimum absolute atomic E-state index is 0.216. The van der Waals surface area contributed by atoms with Crippen LogP contribution in [0.1, 0.15) is 36.0 Å². The van der Waals surface area contributed by atoms with Crippen LogP contribution in [0.2, 0.25) is 0 Å². The number of hydrogen-bond donors (Lipinski definition) is 1. The lowest BCUT2D eigenvalue weighted by molar-refractivity contribution is -0.131. The van der Waals surface area contributed by atoms with E-state index in [-0.39, 0.29) is 5.91 Å². The highest BCUT2D eigenvalue weighted by Gasteiger charge is 2.24. The minimum Gasteiger partial charge on any atom is -0.464 e. The number of hydrogen-bond acceptors (Lipinski definition) is 3.